The molecule has 2 aromatic rings. The van der Waals surface area contributed by atoms with E-state index in [0.29, 0.717) is 25.1 Å². The molecule has 1 fully saturated rings. The molecule has 0 radical (unpaired) electrons. The van der Waals surface area contributed by atoms with Gasteiger partial charge in [0.25, 0.3) is 5.91 Å². The van der Waals surface area contributed by atoms with Crippen molar-refractivity contribution in [2.75, 3.05) is 38.2 Å². The highest BCUT2D eigenvalue weighted by Gasteiger charge is 2.45. The van der Waals surface area contributed by atoms with Crippen LogP contribution in [0.25, 0.3) is 0 Å². The van der Waals surface area contributed by atoms with E-state index in [1.807, 2.05) is 42.5 Å². The number of nitrogens with zero attached hydrogens (tertiary/aromatic N) is 2. The lowest BCUT2D eigenvalue weighted by Gasteiger charge is -2.41. The van der Waals surface area contributed by atoms with Crippen LogP contribution < -0.4 is 9.64 Å². The summed E-state index contributed by atoms with van der Waals surface area (Å²) in [5.41, 5.74) is 1.38. The number of fused-ring (bicyclic) bond motifs is 1. The molecule has 1 saturated heterocycles. The van der Waals surface area contributed by atoms with Crippen molar-refractivity contribution in [3.8, 4) is 5.75 Å². The zero-order chi connectivity index (χ0) is 19.7. The number of methoxy groups -OCH3 is 1. The highest BCUT2D eigenvalue weighted by Crippen LogP contribution is 2.30. The molecule has 2 aliphatic rings. The predicted octanol–water partition coefficient (Wildman–Crippen LogP) is 2.52. The molecule has 146 valence electrons. The minimum absolute atomic E-state index is 0.121. The van der Waals surface area contributed by atoms with Crippen LogP contribution in [0.15, 0.2) is 48.5 Å². The van der Waals surface area contributed by atoms with Gasteiger partial charge in [0.1, 0.15) is 5.75 Å². The van der Waals surface area contributed by atoms with E-state index >= 15 is 0 Å². The number of piperazine rings is 1. The number of hydrogen-bond donors (Lipinski definition) is 0. The van der Waals surface area contributed by atoms with Crippen LogP contribution in [-0.2, 0) is 16.0 Å². The van der Waals surface area contributed by atoms with Gasteiger partial charge in [-0.3, -0.25) is 4.79 Å². The Bertz CT molecular complexity index is 888. The van der Waals surface area contributed by atoms with Crippen molar-refractivity contribution >= 4 is 17.6 Å². The molecular formula is C22H24N2O4. The van der Waals surface area contributed by atoms with E-state index in [1.165, 1.54) is 0 Å². The van der Waals surface area contributed by atoms with Crippen LogP contribution in [0.4, 0.5) is 5.69 Å². The van der Waals surface area contributed by atoms with Crippen molar-refractivity contribution < 1.29 is 19.1 Å². The van der Waals surface area contributed by atoms with Gasteiger partial charge >= 0.3 is 5.97 Å². The number of rotatable bonds is 3. The van der Waals surface area contributed by atoms with Gasteiger partial charge in [-0.25, -0.2) is 4.79 Å². The van der Waals surface area contributed by atoms with E-state index in [-0.39, 0.29) is 5.91 Å². The Morgan fingerprint density at radius 3 is 2.39 bits per heavy atom. The fourth-order valence-corrected chi connectivity index (χ4v) is 3.95. The van der Waals surface area contributed by atoms with Gasteiger partial charge in [-0.2, -0.15) is 0 Å². The van der Waals surface area contributed by atoms with Crippen LogP contribution in [0.1, 0.15) is 22.8 Å². The molecule has 4 rings (SSSR count). The molecular weight excluding hydrogens is 356 g/mol. The first-order valence-corrected chi connectivity index (χ1v) is 9.50. The van der Waals surface area contributed by atoms with Crippen molar-refractivity contribution in [3.05, 3.63) is 59.7 Å². The molecule has 2 heterocycles. The van der Waals surface area contributed by atoms with Crippen LogP contribution in [-0.4, -0.2) is 55.7 Å². The third kappa shape index (κ3) is 3.30. The first-order valence-electron chi connectivity index (χ1n) is 9.50. The Kier molecular flexibility index (Phi) is 4.71. The second-order valence-corrected chi connectivity index (χ2v) is 7.43. The maximum absolute atomic E-state index is 13.2. The molecule has 6 heteroatoms. The molecule has 2 aliphatic heterocycles. The molecule has 28 heavy (non-hydrogen) atoms. The average Bonchev–Trinajstić information content (AvgIpc) is 2.73. The molecule has 0 aromatic heterocycles. The molecule has 1 atom stereocenters. The molecule has 0 aliphatic carbocycles. The highest BCUT2D eigenvalue weighted by molar-refractivity contribution is 5.97. The van der Waals surface area contributed by atoms with Crippen molar-refractivity contribution in [3.63, 3.8) is 0 Å². The summed E-state index contributed by atoms with van der Waals surface area (Å²) in [5.74, 6) is 0.282. The Balaban J connectivity index is 1.43. The number of anilines is 1. The van der Waals surface area contributed by atoms with Gasteiger partial charge in [-0.05, 0) is 42.8 Å². The van der Waals surface area contributed by atoms with Crippen LogP contribution >= 0.6 is 0 Å². The van der Waals surface area contributed by atoms with Gasteiger partial charge in [-0.1, -0.05) is 18.2 Å². The summed E-state index contributed by atoms with van der Waals surface area (Å²) in [4.78, 5) is 29.6. The molecule has 0 N–H and O–H groups in total. The predicted molar refractivity (Wildman–Crippen MR) is 106 cm³/mol. The van der Waals surface area contributed by atoms with Crippen molar-refractivity contribution in [2.24, 2.45) is 0 Å². The van der Waals surface area contributed by atoms with Crippen molar-refractivity contribution in [2.45, 2.75) is 18.9 Å². The zero-order valence-electron chi connectivity index (χ0n) is 16.2. The quantitative estimate of drug-likeness (QED) is 0.766. The smallest absolute Gasteiger partial charge is 0.339 e. The van der Waals surface area contributed by atoms with Gasteiger partial charge in [0.05, 0.1) is 12.7 Å². The Hall–Kier alpha value is -3.02. The second-order valence-electron chi connectivity index (χ2n) is 7.43. The molecule has 0 unspecified atom stereocenters. The summed E-state index contributed by atoms with van der Waals surface area (Å²) in [6, 6.07) is 15.3. The first kappa shape index (κ1) is 18.3. The number of carbonyl (C=O) groups excluding carboxylic acids is 2. The Morgan fingerprint density at radius 1 is 1.04 bits per heavy atom. The summed E-state index contributed by atoms with van der Waals surface area (Å²) < 4.78 is 10.8. The topological polar surface area (TPSA) is 59.1 Å². The van der Waals surface area contributed by atoms with Crippen LogP contribution in [0, 0.1) is 0 Å². The first-order chi connectivity index (χ1) is 13.5. The number of ether oxygens (including phenoxy) is 2. The van der Waals surface area contributed by atoms with E-state index < -0.39 is 11.6 Å². The van der Waals surface area contributed by atoms with E-state index in [2.05, 4.69) is 4.90 Å². The zero-order valence-corrected chi connectivity index (χ0v) is 16.2. The van der Waals surface area contributed by atoms with Crippen LogP contribution in [0.2, 0.25) is 0 Å². The fraction of sp³-hybridized carbons (Fsp3) is 0.364. The monoisotopic (exact) mass is 380 g/mol. The SMILES string of the molecule is COc1ccc(N2CCN(C(=O)[C@]3(C)Cc4ccccc4C(=O)O3)CC2)cc1. The van der Waals surface area contributed by atoms with E-state index in [1.54, 1.807) is 25.0 Å². The summed E-state index contributed by atoms with van der Waals surface area (Å²) >= 11 is 0. The summed E-state index contributed by atoms with van der Waals surface area (Å²) in [7, 11) is 1.65. The van der Waals surface area contributed by atoms with Gasteiger partial charge in [0, 0.05) is 38.3 Å². The Morgan fingerprint density at radius 2 is 1.71 bits per heavy atom. The van der Waals surface area contributed by atoms with Gasteiger partial charge < -0.3 is 19.3 Å². The maximum atomic E-state index is 13.2. The average molecular weight is 380 g/mol. The summed E-state index contributed by atoms with van der Waals surface area (Å²) in [5, 5.41) is 0. The number of hydrogen-bond acceptors (Lipinski definition) is 5. The molecule has 1 amide bonds. The van der Waals surface area contributed by atoms with Crippen LogP contribution in [0.3, 0.4) is 0 Å². The normalized spacial score (nSPS) is 21.7. The number of carbonyl (C=O) groups is 2. The standard InChI is InChI=1S/C22H24N2O4/c1-22(15-16-5-3-4-6-19(16)20(25)28-22)21(26)24-13-11-23(12-14-24)17-7-9-18(27-2)10-8-17/h3-10H,11-15H2,1-2H3/t22-/m0/s1. The lowest BCUT2D eigenvalue weighted by atomic mass is 9.88. The number of cyclic esters (lactones) is 1. The number of benzene rings is 2. The van der Waals surface area contributed by atoms with Gasteiger partial charge in [0.15, 0.2) is 5.60 Å². The third-order valence-electron chi connectivity index (χ3n) is 5.54. The summed E-state index contributed by atoms with van der Waals surface area (Å²) in [6.45, 7) is 4.38. The van der Waals surface area contributed by atoms with Gasteiger partial charge in [-0.15, -0.1) is 0 Å². The fourth-order valence-electron chi connectivity index (χ4n) is 3.95. The lowest BCUT2D eigenvalue weighted by Crippen LogP contribution is -2.58. The van der Waals surface area contributed by atoms with Crippen molar-refractivity contribution in [1.29, 1.82) is 0 Å². The lowest BCUT2D eigenvalue weighted by molar-refractivity contribution is -0.151. The summed E-state index contributed by atoms with van der Waals surface area (Å²) in [6.07, 6.45) is 0.409. The van der Waals surface area contributed by atoms with Crippen LogP contribution in [0.5, 0.6) is 5.75 Å². The van der Waals surface area contributed by atoms with Gasteiger partial charge in [0.2, 0.25) is 0 Å². The molecule has 0 spiro atoms. The highest BCUT2D eigenvalue weighted by atomic mass is 16.6. The van der Waals surface area contributed by atoms with Crippen molar-refractivity contribution in [1.82, 2.24) is 4.90 Å². The molecule has 2 aromatic carbocycles. The number of amides is 1. The molecule has 0 saturated carbocycles. The molecule has 6 nitrogen and oxygen atoms in total. The number of esters is 1. The van der Waals surface area contributed by atoms with E-state index in [4.69, 9.17) is 9.47 Å². The maximum Gasteiger partial charge on any atom is 0.339 e. The second kappa shape index (κ2) is 7.19. The minimum atomic E-state index is -1.15. The largest absolute Gasteiger partial charge is 0.497 e. The molecule has 0 bridgehead atoms. The Labute approximate surface area is 164 Å². The van der Waals surface area contributed by atoms with E-state index in [9.17, 15) is 9.59 Å². The minimum Gasteiger partial charge on any atom is -0.497 e. The van der Waals surface area contributed by atoms with E-state index in [0.717, 1.165) is 30.1 Å². The third-order valence-corrected chi connectivity index (χ3v) is 5.54.